The number of amides is 1. The lowest BCUT2D eigenvalue weighted by atomic mass is 9.95. The van der Waals surface area contributed by atoms with Gasteiger partial charge in [-0.15, -0.1) is 11.3 Å². The number of aliphatic hydroxyl groups is 1. The van der Waals surface area contributed by atoms with E-state index in [-0.39, 0.29) is 11.3 Å². The zero-order chi connectivity index (χ0) is 22.7. The molecule has 1 atom stereocenters. The Morgan fingerprint density at radius 3 is 2.44 bits per heavy atom. The average Bonchev–Trinajstić information content (AvgIpc) is 3.41. The molecule has 32 heavy (non-hydrogen) atoms. The molecule has 0 radical (unpaired) electrons. The van der Waals surface area contributed by atoms with Gasteiger partial charge in [0.1, 0.15) is 17.3 Å². The molecule has 4 rings (SSSR count). The number of nitrogens with zero attached hydrogens (tertiary/aromatic N) is 2. The average molecular weight is 451 g/mol. The van der Waals surface area contributed by atoms with Crippen molar-refractivity contribution in [3.05, 3.63) is 76.8 Å². The molecule has 1 amide bonds. The Labute approximate surface area is 189 Å². The molecule has 8 heteroatoms. The summed E-state index contributed by atoms with van der Waals surface area (Å²) >= 11 is 1.25. The Hall–Kier alpha value is -3.65. The summed E-state index contributed by atoms with van der Waals surface area (Å²) in [4.78, 5) is 31.7. The number of carbonyl (C=O) groups excluding carboxylic acids is 2. The van der Waals surface area contributed by atoms with Gasteiger partial charge in [0.05, 0.1) is 24.8 Å². The predicted octanol–water partition coefficient (Wildman–Crippen LogP) is 4.57. The van der Waals surface area contributed by atoms with Crippen LogP contribution in [0.25, 0.3) is 5.76 Å². The molecule has 0 aliphatic carbocycles. The fraction of sp³-hybridized carbons (Fsp3) is 0.208. The van der Waals surface area contributed by atoms with E-state index in [0.29, 0.717) is 41.0 Å². The third-order valence-corrected chi connectivity index (χ3v) is 5.76. The van der Waals surface area contributed by atoms with E-state index in [1.54, 1.807) is 60.1 Å². The smallest absolute Gasteiger partial charge is 0.301 e. The summed E-state index contributed by atoms with van der Waals surface area (Å²) in [6, 6.07) is 13.1. The number of thiazole rings is 1. The maximum absolute atomic E-state index is 13.1. The quantitative estimate of drug-likeness (QED) is 0.322. The van der Waals surface area contributed by atoms with Gasteiger partial charge in [-0.3, -0.25) is 14.5 Å². The van der Waals surface area contributed by atoms with Crippen LogP contribution in [0.3, 0.4) is 0 Å². The van der Waals surface area contributed by atoms with Crippen molar-refractivity contribution in [3.63, 3.8) is 0 Å². The highest BCUT2D eigenvalue weighted by Crippen LogP contribution is 2.43. The number of Topliss-reactive ketones (excluding diaryl/α,β-unsaturated/α-hetero) is 1. The largest absolute Gasteiger partial charge is 0.507 e. The Kier molecular flexibility index (Phi) is 6.23. The van der Waals surface area contributed by atoms with Gasteiger partial charge in [0.2, 0.25) is 0 Å². The maximum atomic E-state index is 13.1. The fourth-order valence-electron chi connectivity index (χ4n) is 3.65. The summed E-state index contributed by atoms with van der Waals surface area (Å²) < 4.78 is 11.1. The van der Waals surface area contributed by atoms with Crippen LogP contribution in [0.15, 0.2) is 65.7 Å². The standard InChI is InChI=1S/C24H22N2O5S/c1-3-30-17-10-8-15(9-11-17)21(27)19-20(16-6-5-7-18(14-16)31-4-2)26(23(29)22(19)28)24-25-12-13-32-24/h5-14,20,27H,3-4H2,1-2H3/b21-19+. The summed E-state index contributed by atoms with van der Waals surface area (Å²) in [6.45, 7) is 4.74. The third kappa shape index (κ3) is 3.97. The van der Waals surface area contributed by atoms with Crippen LogP contribution in [0.4, 0.5) is 5.13 Å². The Bertz CT molecular complexity index is 1160. The van der Waals surface area contributed by atoms with E-state index in [1.807, 2.05) is 13.8 Å². The number of benzene rings is 2. The minimum atomic E-state index is -0.840. The number of anilines is 1. The first-order valence-corrected chi connectivity index (χ1v) is 11.1. The van der Waals surface area contributed by atoms with Crippen LogP contribution in [0.2, 0.25) is 0 Å². The van der Waals surface area contributed by atoms with Gasteiger partial charge >= 0.3 is 5.91 Å². The van der Waals surface area contributed by atoms with E-state index in [0.717, 1.165) is 0 Å². The first-order chi connectivity index (χ1) is 15.5. The second-order valence-electron chi connectivity index (χ2n) is 6.95. The van der Waals surface area contributed by atoms with Crippen LogP contribution in [-0.2, 0) is 9.59 Å². The molecule has 1 fully saturated rings. The van der Waals surface area contributed by atoms with Gasteiger partial charge in [-0.25, -0.2) is 4.98 Å². The third-order valence-electron chi connectivity index (χ3n) is 4.99. The SMILES string of the molecule is CCOc1ccc(/C(O)=C2\C(=O)C(=O)N(c3nccs3)C2c2cccc(OCC)c2)cc1. The Morgan fingerprint density at radius 2 is 1.78 bits per heavy atom. The molecular weight excluding hydrogens is 428 g/mol. The Balaban J connectivity index is 1.87. The van der Waals surface area contributed by atoms with E-state index in [2.05, 4.69) is 4.98 Å². The second kappa shape index (κ2) is 9.23. The molecule has 0 saturated carbocycles. The number of ketones is 1. The summed E-state index contributed by atoms with van der Waals surface area (Å²) in [5.41, 5.74) is 1.05. The molecule has 2 aromatic carbocycles. The fourth-order valence-corrected chi connectivity index (χ4v) is 4.32. The van der Waals surface area contributed by atoms with E-state index >= 15 is 0 Å². The number of carbonyl (C=O) groups is 2. The molecule has 2 heterocycles. The van der Waals surface area contributed by atoms with Crippen molar-refractivity contribution < 1.29 is 24.2 Å². The van der Waals surface area contributed by atoms with Crippen molar-refractivity contribution in [2.45, 2.75) is 19.9 Å². The van der Waals surface area contributed by atoms with Crippen LogP contribution in [0.5, 0.6) is 11.5 Å². The van der Waals surface area contributed by atoms with Crippen molar-refractivity contribution in [2.75, 3.05) is 18.1 Å². The number of rotatable bonds is 7. The second-order valence-corrected chi connectivity index (χ2v) is 7.82. The van der Waals surface area contributed by atoms with Gasteiger partial charge in [0.15, 0.2) is 5.13 Å². The topological polar surface area (TPSA) is 89.0 Å². The normalized spacial score (nSPS) is 17.6. The van der Waals surface area contributed by atoms with Crippen LogP contribution in [-0.4, -0.2) is 35.0 Å². The molecule has 1 aromatic heterocycles. The number of aromatic nitrogens is 1. The molecule has 164 valence electrons. The minimum Gasteiger partial charge on any atom is -0.507 e. The van der Waals surface area contributed by atoms with Gasteiger partial charge in [-0.2, -0.15) is 0 Å². The predicted molar refractivity (Wildman–Crippen MR) is 122 cm³/mol. The molecule has 7 nitrogen and oxygen atoms in total. The number of hydrogen-bond acceptors (Lipinski definition) is 7. The molecule has 1 unspecified atom stereocenters. The maximum Gasteiger partial charge on any atom is 0.301 e. The Morgan fingerprint density at radius 1 is 1.06 bits per heavy atom. The zero-order valence-corrected chi connectivity index (χ0v) is 18.5. The van der Waals surface area contributed by atoms with Crippen molar-refractivity contribution >= 4 is 33.9 Å². The van der Waals surface area contributed by atoms with Crippen LogP contribution >= 0.6 is 11.3 Å². The lowest BCUT2D eigenvalue weighted by molar-refractivity contribution is -0.132. The van der Waals surface area contributed by atoms with Gasteiger partial charge in [0.25, 0.3) is 5.78 Å². The zero-order valence-electron chi connectivity index (χ0n) is 17.6. The van der Waals surface area contributed by atoms with E-state index in [4.69, 9.17) is 9.47 Å². The highest BCUT2D eigenvalue weighted by Gasteiger charge is 2.48. The van der Waals surface area contributed by atoms with Gasteiger partial charge < -0.3 is 14.6 Å². The van der Waals surface area contributed by atoms with Gasteiger partial charge in [-0.1, -0.05) is 12.1 Å². The summed E-state index contributed by atoms with van der Waals surface area (Å²) in [7, 11) is 0. The first kappa shape index (κ1) is 21.6. The molecule has 1 aliphatic heterocycles. The summed E-state index contributed by atoms with van der Waals surface area (Å²) in [5.74, 6) is -0.501. The van der Waals surface area contributed by atoms with E-state index in [1.165, 1.54) is 16.2 Å². The monoisotopic (exact) mass is 450 g/mol. The molecule has 0 spiro atoms. The number of ether oxygens (including phenoxy) is 2. The number of aliphatic hydroxyl groups excluding tert-OH is 1. The molecule has 1 N–H and O–H groups in total. The van der Waals surface area contributed by atoms with Crippen molar-refractivity contribution in [1.82, 2.24) is 4.98 Å². The molecular formula is C24H22N2O5S. The lowest BCUT2D eigenvalue weighted by Crippen LogP contribution is -2.29. The molecule has 0 bridgehead atoms. The minimum absolute atomic E-state index is 0.00279. The highest BCUT2D eigenvalue weighted by molar-refractivity contribution is 7.14. The van der Waals surface area contributed by atoms with Crippen molar-refractivity contribution in [2.24, 2.45) is 0 Å². The first-order valence-electron chi connectivity index (χ1n) is 10.2. The van der Waals surface area contributed by atoms with Crippen LogP contribution < -0.4 is 14.4 Å². The highest BCUT2D eigenvalue weighted by atomic mass is 32.1. The van der Waals surface area contributed by atoms with Crippen LogP contribution in [0.1, 0.15) is 31.0 Å². The van der Waals surface area contributed by atoms with Crippen molar-refractivity contribution in [1.29, 1.82) is 0 Å². The summed E-state index contributed by atoms with van der Waals surface area (Å²) in [5, 5.41) is 13.3. The molecule has 1 aliphatic rings. The van der Waals surface area contributed by atoms with Crippen LogP contribution in [0, 0.1) is 0 Å². The van der Waals surface area contributed by atoms with E-state index in [9.17, 15) is 14.7 Å². The number of hydrogen-bond donors (Lipinski definition) is 1. The van der Waals surface area contributed by atoms with Crippen molar-refractivity contribution in [3.8, 4) is 11.5 Å². The van der Waals surface area contributed by atoms with E-state index < -0.39 is 17.7 Å². The molecule has 1 saturated heterocycles. The van der Waals surface area contributed by atoms with Gasteiger partial charge in [-0.05, 0) is 55.8 Å². The molecule has 3 aromatic rings. The summed E-state index contributed by atoms with van der Waals surface area (Å²) in [6.07, 6.45) is 1.57. The van der Waals surface area contributed by atoms with Gasteiger partial charge in [0, 0.05) is 17.1 Å². The lowest BCUT2D eigenvalue weighted by Gasteiger charge is -2.23.